The fourth-order valence-electron chi connectivity index (χ4n) is 2.66. The van der Waals surface area contributed by atoms with Gasteiger partial charge in [0.25, 0.3) is 0 Å². The van der Waals surface area contributed by atoms with Gasteiger partial charge in [-0.25, -0.2) is 0 Å². The highest BCUT2D eigenvalue weighted by atomic mass is 19.4. The van der Waals surface area contributed by atoms with Gasteiger partial charge >= 0.3 is 6.18 Å². The number of nitrogens with one attached hydrogen (secondary N) is 1. The second-order valence-electron chi connectivity index (χ2n) is 5.81. The van der Waals surface area contributed by atoms with Crippen molar-refractivity contribution >= 4 is 11.6 Å². The fraction of sp³-hybridized carbons (Fsp3) is 0.444. The summed E-state index contributed by atoms with van der Waals surface area (Å²) in [5, 5.41) is 11.9. The number of nitriles is 1. The van der Waals surface area contributed by atoms with Crippen LogP contribution in [0.1, 0.15) is 38.3 Å². The van der Waals surface area contributed by atoms with Gasteiger partial charge in [-0.1, -0.05) is 20.4 Å². The lowest BCUT2D eigenvalue weighted by molar-refractivity contribution is -0.137. The van der Waals surface area contributed by atoms with Crippen LogP contribution >= 0.6 is 0 Å². The first-order chi connectivity index (χ1) is 11.7. The molecule has 4 nitrogen and oxygen atoms in total. The number of benzene rings is 1. The van der Waals surface area contributed by atoms with Crippen molar-refractivity contribution in [2.75, 3.05) is 18.4 Å². The topological polar surface area (TPSA) is 56.1 Å². The summed E-state index contributed by atoms with van der Waals surface area (Å²) in [6.07, 6.45) is -2.72. The molecule has 1 amide bonds. The highest BCUT2D eigenvalue weighted by Gasteiger charge is 2.36. The summed E-state index contributed by atoms with van der Waals surface area (Å²) in [5.74, 6) is -0.211. The minimum Gasteiger partial charge on any atom is -0.378 e. The second kappa shape index (κ2) is 8.06. The highest BCUT2D eigenvalue weighted by Crippen LogP contribution is 2.33. The summed E-state index contributed by atoms with van der Waals surface area (Å²) in [7, 11) is 0. The van der Waals surface area contributed by atoms with Gasteiger partial charge in [-0.2, -0.15) is 18.4 Å². The van der Waals surface area contributed by atoms with E-state index in [-0.39, 0.29) is 17.2 Å². The van der Waals surface area contributed by atoms with E-state index in [4.69, 9.17) is 5.26 Å². The predicted octanol–water partition coefficient (Wildman–Crippen LogP) is 4.19. The van der Waals surface area contributed by atoms with E-state index in [0.29, 0.717) is 19.5 Å². The molecule has 0 spiro atoms. The molecular formula is C18H22F3N3O. The number of hydrogen-bond donors (Lipinski definition) is 1. The Morgan fingerprint density at radius 1 is 1.40 bits per heavy atom. The number of nitrogens with zero attached hydrogens (tertiary/aromatic N) is 2. The molecule has 1 aromatic carbocycles. The average molecular weight is 353 g/mol. The van der Waals surface area contributed by atoms with Gasteiger partial charge in [-0.15, -0.1) is 0 Å². The SMILES string of the molecule is C=CC(=O)N1CCC(C)(Nc2cc(C#N)cc(C(F)(F)F)c2)C1.CC. The Hall–Kier alpha value is -2.49. The summed E-state index contributed by atoms with van der Waals surface area (Å²) in [6.45, 7) is 10.1. The standard InChI is InChI=1S/C16H16F3N3O.C2H6/c1-3-14(23)22-5-4-15(2,10-22)21-13-7-11(9-20)6-12(8-13)16(17,18)19;1-2/h3,6-8,21H,1,4-5,10H2,2H3;1-2H3. The van der Waals surface area contributed by atoms with Crippen molar-refractivity contribution in [3.63, 3.8) is 0 Å². The number of alkyl halides is 3. The zero-order chi connectivity index (χ0) is 19.3. The van der Waals surface area contributed by atoms with Crippen molar-refractivity contribution in [2.45, 2.75) is 38.9 Å². The van der Waals surface area contributed by atoms with Crippen LogP contribution in [0.25, 0.3) is 0 Å². The maximum Gasteiger partial charge on any atom is 0.416 e. The third-order valence-corrected chi connectivity index (χ3v) is 3.80. The van der Waals surface area contributed by atoms with Crippen LogP contribution in [-0.2, 0) is 11.0 Å². The number of likely N-dealkylation sites (tertiary alicyclic amines) is 1. The van der Waals surface area contributed by atoms with Crippen molar-refractivity contribution in [1.29, 1.82) is 5.26 Å². The molecule has 1 atom stereocenters. The summed E-state index contributed by atoms with van der Waals surface area (Å²) in [6, 6.07) is 4.90. The van der Waals surface area contributed by atoms with Gasteiger partial charge in [0.1, 0.15) is 0 Å². The summed E-state index contributed by atoms with van der Waals surface area (Å²) in [4.78, 5) is 13.2. The lowest BCUT2D eigenvalue weighted by Crippen LogP contribution is -2.39. The highest BCUT2D eigenvalue weighted by molar-refractivity contribution is 5.87. The number of anilines is 1. The number of carbonyl (C=O) groups excluding carboxylic acids is 1. The molecule has 1 unspecified atom stereocenters. The smallest absolute Gasteiger partial charge is 0.378 e. The molecule has 7 heteroatoms. The predicted molar refractivity (Wildman–Crippen MR) is 90.9 cm³/mol. The van der Waals surface area contributed by atoms with Gasteiger partial charge in [-0.3, -0.25) is 4.79 Å². The largest absolute Gasteiger partial charge is 0.416 e. The number of amides is 1. The maximum absolute atomic E-state index is 12.9. The third-order valence-electron chi connectivity index (χ3n) is 3.80. The minimum absolute atomic E-state index is 0.0667. The van der Waals surface area contributed by atoms with Gasteiger partial charge in [0.2, 0.25) is 5.91 Å². The molecular weight excluding hydrogens is 331 g/mol. The molecule has 1 N–H and O–H groups in total. The van der Waals surface area contributed by atoms with E-state index in [0.717, 1.165) is 12.1 Å². The number of halogens is 3. The number of hydrogen-bond acceptors (Lipinski definition) is 3. The van der Waals surface area contributed by atoms with Crippen LogP contribution in [0.15, 0.2) is 30.9 Å². The number of rotatable bonds is 3. The Balaban J connectivity index is 0.00000151. The van der Waals surface area contributed by atoms with E-state index in [2.05, 4.69) is 11.9 Å². The molecule has 0 bridgehead atoms. The molecule has 1 fully saturated rings. The number of carbonyl (C=O) groups is 1. The van der Waals surface area contributed by atoms with Crippen LogP contribution in [-0.4, -0.2) is 29.4 Å². The summed E-state index contributed by atoms with van der Waals surface area (Å²) in [5.41, 5.74) is -1.29. The fourth-order valence-corrected chi connectivity index (χ4v) is 2.66. The lowest BCUT2D eigenvalue weighted by atomic mass is 10.00. The zero-order valence-corrected chi connectivity index (χ0v) is 14.6. The van der Waals surface area contributed by atoms with Crippen LogP contribution in [0.3, 0.4) is 0 Å². The Morgan fingerprint density at radius 2 is 2.04 bits per heavy atom. The van der Waals surface area contributed by atoms with E-state index in [9.17, 15) is 18.0 Å². The first kappa shape index (κ1) is 20.6. The molecule has 1 aliphatic rings. The van der Waals surface area contributed by atoms with Crippen LogP contribution < -0.4 is 5.32 Å². The lowest BCUT2D eigenvalue weighted by Gasteiger charge is -2.27. The third kappa shape index (κ3) is 5.24. The van der Waals surface area contributed by atoms with Gasteiger partial charge < -0.3 is 10.2 Å². The first-order valence-corrected chi connectivity index (χ1v) is 7.99. The van der Waals surface area contributed by atoms with E-state index < -0.39 is 17.3 Å². The van der Waals surface area contributed by atoms with Crippen LogP contribution in [0.5, 0.6) is 0 Å². The van der Waals surface area contributed by atoms with Crippen molar-refractivity contribution in [3.05, 3.63) is 42.0 Å². The molecule has 1 heterocycles. The Morgan fingerprint density at radius 3 is 2.56 bits per heavy atom. The van der Waals surface area contributed by atoms with E-state index >= 15 is 0 Å². The normalized spacial score (nSPS) is 19.5. The molecule has 0 aliphatic carbocycles. The van der Waals surface area contributed by atoms with E-state index in [1.807, 2.05) is 20.8 Å². The molecule has 2 rings (SSSR count). The molecule has 0 radical (unpaired) electrons. The van der Waals surface area contributed by atoms with Crippen molar-refractivity contribution in [1.82, 2.24) is 4.90 Å². The van der Waals surface area contributed by atoms with Gasteiger partial charge in [0.15, 0.2) is 0 Å². The minimum atomic E-state index is -4.52. The second-order valence-corrected chi connectivity index (χ2v) is 5.81. The van der Waals surface area contributed by atoms with Crippen molar-refractivity contribution < 1.29 is 18.0 Å². The van der Waals surface area contributed by atoms with E-state index in [1.54, 1.807) is 11.0 Å². The molecule has 25 heavy (non-hydrogen) atoms. The van der Waals surface area contributed by atoms with Crippen LogP contribution in [0.2, 0.25) is 0 Å². The molecule has 136 valence electrons. The molecule has 1 saturated heterocycles. The Bertz CT molecular complexity index is 679. The van der Waals surface area contributed by atoms with Crippen LogP contribution in [0, 0.1) is 11.3 Å². The molecule has 1 aromatic rings. The average Bonchev–Trinajstić information content (AvgIpc) is 2.96. The van der Waals surface area contributed by atoms with Gasteiger partial charge in [-0.05, 0) is 37.6 Å². The first-order valence-electron chi connectivity index (χ1n) is 7.99. The van der Waals surface area contributed by atoms with Gasteiger partial charge in [0.05, 0.1) is 22.7 Å². The zero-order valence-electron chi connectivity index (χ0n) is 14.6. The maximum atomic E-state index is 12.9. The molecule has 0 saturated carbocycles. The van der Waals surface area contributed by atoms with Crippen LogP contribution in [0.4, 0.5) is 18.9 Å². The quantitative estimate of drug-likeness (QED) is 0.829. The van der Waals surface area contributed by atoms with Gasteiger partial charge in [0, 0.05) is 18.8 Å². The van der Waals surface area contributed by atoms with E-state index in [1.165, 1.54) is 12.1 Å². The van der Waals surface area contributed by atoms with Crippen molar-refractivity contribution in [3.8, 4) is 6.07 Å². The molecule has 1 aliphatic heterocycles. The summed E-state index contributed by atoms with van der Waals surface area (Å²) < 4.78 is 38.7. The summed E-state index contributed by atoms with van der Waals surface area (Å²) >= 11 is 0. The molecule has 0 aromatic heterocycles. The van der Waals surface area contributed by atoms with Crippen molar-refractivity contribution in [2.24, 2.45) is 0 Å². The Kier molecular flexibility index (Phi) is 6.63. The monoisotopic (exact) mass is 353 g/mol. The Labute approximate surface area is 145 Å².